The predicted octanol–water partition coefficient (Wildman–Crippen LogP) is 16.9. The summed E-state index contributed by atoms with van der Waals surface area (Å²) in [6.07, 6.45) is 0. The lowest BCUT2D eigenvalue weighted by molar-refractivity contribution is 0.768. The van der Waals surface area contributed by atoms with Crippen molar-refractivity contribution in [3.8, 4) is 44.5 Å². The van der Waals surface area contributed by atoms with Crippen LogP contribution in [0.4, 0.5) is 17.1 Å². The molecule has 1 aliphatic carbocycles. The van der Waals surface area contributed by atoms with Crippen molar-refractivity contribution in [1.82, 2.24) is 0 Å². The van der Waals surface area contributed by atoms with Crippen molar-refractivity contribution in [2.75, 3.05) is 4.90 Å². The molecule has 2 heteroatoms. The summed E-state index contributed by atoms with van der Waals surface area (Å²) in [5.41, 5.74) is 17.7. The van der Waals surface area contributed by atoms with E-state index in [1.54, 1.807) is 0 Å². The fraction of sp³-hybridized carbons (Fsp3) is 0.0164. The topological polar surface area (TPSA) is 3.24 Å². The number of fused-ring (bicyclic) bond motifs is 6. The van der Waals surface area contributed by atoms with Crippen LogP contribution in [-0.4, -0.2) is 0 Å². The smallest absolute Gasteiger partial charge is 0.0713 e. The lowest BCUT2D eigenvalue weighted by Gasteiger charge is -2.34. The van der Waals surface area contributed by atoms with E-state index < -0.39 is 5.41 Å². The zero-order valence-corrected chi connectivity index (χ0v) is 35.3. The number of anilines is 3. The van der Waals surface area contributed by atoms with Gasteiger partial charge in [0.15, 0.2) is 0 Å². The van der Waals surface area contributed by atoms with Crippen LogP contribution in [0.1, 0.15) is 22.3 Å². The van der Waals surface area contributed by atoms with E-state index in [2.05, 4.69) is 254 Å². The molecule has 0 bridgehead atoms. The summed E-state index contributed by atoms with van der Waals surface area (Å²) >= 11 is 1.88. The third kappa shape index (κ3) is 6.06. The van der Waals surface area contributed by atoms with Crippen LogP contribution >= 0.6 is 11.3 Å². The lowest BCUT2D eigenvalue weighted by Crippen LogP contribution is -2.28. The van der Waals surface area contributed by atoms with Crippen LogP contribution in [0.3, 0.4) is 0 Å². The maximum absolute atomic E-state index is 2.45. The Bertz CT molecular complexity index is 3390. The van der Waals surface area contributed by atoms with Gasteiger partial charge in [0, 0.05) is 37.1 Å². The van der Waals surface area contributed by atoms with Crippen LogP contribution in [0.5, 0.6) is 0 Å². The van der Waals surface area contributed by atoms with Gasteiger partial charge in [-0.1, -0.05) is 212 Å². The second-order valence-corrected chi connectivity index (χ2v) is 17.4. The van der Waals surface area contributed by atoms with Gasteiger partial charge in [-0.3, -0.25) is 0 Å². The first-order chi connectivity index (χ1) is 31.3. The van der Waals surface area contributed by atoms with Gasteiger partial charge >= 0.3 is 0 Å². The van der Waals surface area contributed by atoms with Crippen LogP contribution in [-0.2, 0) is 5.41 Å². The second-order valence-electron chi connectivity index (χ2n) is 16.4. The normalized spacial score (nSPS) is 12.6. The Morgan fingerprint density at radius 3 is 1.59 bits per heavy atom. The van der Waals surface area contributed by atoms with Crippen molar-refractivity contribution < 1.29 is 0 Å². The van der Waals surface area contributed by atoms with Crippen molar-refractivity contribution in [2.24, 2.45) is 0 Å². The van der Waals surface area contributed by atoms with Gasteiger partial charge in [-0.05, 0) is 97.6 Å². The molecule has 1 aromatic heterocycles. The maximum Gasteiger partial charge on any atom is 0.0713 e. The third-order valence-electron chi connectivity index (χ3n) is 13.0. The Morgan fingerprint density at radius 1 is 0.317 bits per heavy atom. The van der Waals surface area contributed by atoms with Gasteiger partial charge in [-0.25, -0.2) is 0 Å². The fourth-order valence-corrected chi connectivity index (χ4v) is 11.4. The number of nitrogens with zero attached hydrogens (tertiary/aromatic N) is 1. The molecule has 63 heavy (non-hydrogen) atoms. The molecular weight excluding hydrogens is 779 g/mol. The highest BCUT2D eigenvalue weighted by Gasteiger charge is 2.45. The average Bonchev–Trinajstić information content (AvgIpc) is 3.90. The largest absolute Gasteiger partial charge is 0.310 e. The Hall–Kier alpha value is -7.78. The van der Waals surface area contributed by atoms with E-state index >= 15 is 0 Å². The number of hydrogen-bond acceptors (Lipinski definition) is 2. The molecule has 10 aromatic carbocycles. The van der Waals surface area contributed by atoms with Crippen molar-refractivity contribution in [3.63, 3.8) is 0 Å². The zero-order chi connectivity index (χ0) is 41.7. The SMILES string of the molecule is c1ccc(-c2ccc(-c3ccccc3N(c3ccc(C4(c5ccccc5)c5ccccc5-c5ccccc54)cc3)c3cccc(-c4cccc5c4sc4ccccc45)c3)cc2)cc1. The van der Waals surface area contributed by atoms with Crippen LogP contribution < -0.4 is 4.90 Å². The summed E-state index contributed by atoms with van der Waals surface area (Å²) in [5.74, 6) is 0. The molecule has 1 aliphatic rings. The number of rotatable bonds is 8. The summed E-state index contributed by atoms with van der Waals surface area (Å²) in [4.78, 5) is 2.45. The monoisotopic (exact) mass is 819 g/mol. The third-order valence-corrected chi connectivity index (χ3v) is 14.2. The zero-order valence-electron chi connectivity index (χ0n) is 34.5. The molecule has 1 heterocycles. The molecule has 0 aliphatic heterocycles. The molecule has 0 atom stereocenters. The summed E-state index contributed by atoms with van der Waals surface area (Å²) in [6.45, 7) is 0. The van der Waals surface area contributed by atoms with Crippen LogP contribution in [0.15, 0.2) is 249 Å². The molecule has 0 N–H and O–H groups in total. The molecule has 0 amide bonds. The van der Waals surface area contributed by atoms with Gasteiger partial charge < -0.3 is 4.90 Å². The summed E-state index contributed by atoms with van der Waals surface area (Å²) in [7, 11) is 0. The Morgan fingerprint density at radius 2 is 0.841 bits per heavy atom. The van der Waals surface area contributed by atoms with E-state index in [9.17, 15) is 0 Å². The minimum absolute atomic E-state index is 0.473. The van der Waals surface area contributed by atoms with Crippen LogP contribution in [0, 0.1) is 0 Å². The first kappa shape index (κ1) is 37.0. The molecule has 0 radical (unpaired) electrons. The van der Waals surface area contributed by atoms with Crippen molar-refractivity contribution in [1.29, 1.82) is 0 Å². The Kier molecular flexibility index (Phi) is 8.98. The number of benzene rings is 10. The van der Waals surface area contributed by atoms with E-state index in [-0.39, 0.29) is 0 Å². The number of para-hydroxylation sites is 1. The minimum atomic E-state index is -0.473. The number of thiophene rings is 1. The van der Waals surface area contributed by atoms with E-state index in [1.807, 2.05) is 11.3 Å². The molecule has 0 unspecified atom stereocenters. The average molecular weight is 820 g/mol. The van der Waals surface area contributed by atoms with Gasteiger partial charge in [0.2, 0.25) is 0 Å². The highest BCUT2D eigenvalue weighted by atomic mass is 32.1. The Labute approximate surface area is 372 Å². The van der Waals surface area contributed by atoms with Crippen molar-refractivity contribution >= 4 is 48.6 Å². The lowest BCUT2D eigenvalue weighted by atomic mass is 9.68. The maximum atomic E-state index is 2.45. The van der Waals surface area contributed by atoms with Crippen molar-refractivity contribution in [2.45, 2.75) is 5.41 Å². The molecule has 0 spiro atoms. The van der Waals surface area contributed by atoms with Gasteiger partial charge in [0.25, 0.3) is 0 Å². The molecule has 0 saturated carbocycles. The highest BCUT2D eigenvalue weighted by molar-refractivity contribution is 7.26. The summed E-state index contributed by atoms with van der Waals surface area (Å²) in [5, 5.41) is 2.61. The van der Waals surface area contributed by atoms with Crippen LogP contribution in [0.25, 0.3) is 64.7 Å². The molecule has 1 nitrogen and oxygen atoms in total. The quantitative estimate of drug-likeness (QED) is 0.148. The first-order valence-electron chi connectivity index (χ1n) is 21.7. The highest BCUT2D eigenvalue weighted by Crippen LogP contribution is 2.56. The fourth-order valence-electron chi connectivity index (χ4n) is 10.2. The Balaban J connectivity index is 1.04. The summed E-state index contributed by atoms with van der Waals surface area (Å²) < 4.78 is 2.62. The molecule has 11 aromatic rings. The molecule has 296 valence electrons. The van der Waals surface area contributed by atoms with E-state index in [0.717, 1.165) is 22.6 Å². The molecule has 0 fully saturated rings. The van der Waals surface area contributed by atoms with E-state index in [4.69, 9.17) is 0 Å². The van der Waals surface area contributed by atoms with Gasteiger partial charge in [0.1, 0.15) is 0 Å². The van der Waals surface area contributed by atoms with Gasteiger partial charge in [0.05, 0.1) is 11.1 Å². The molecule has 12 rings (SSSR count). The summed E-state index contributed by atoms with van der Waals surface area (Å²) in [6, 6.07) is 91.4. The van der Waals surface area contributed by atoms with Crippen molar-refractivity contribution in [3.05, 3.63) is 271 Å². The first-order valence-corrected chi connectivity index (χ1v) is 22.5. The molecular formula is C61H41NS. The molecule has 0 saturated heterocycles. The van der Waals surface area contributed by atoms with Gasteiger partial charge in [-0.2, -0.15) is 0 Å². The number of hydrogen-bond donors (Lipinski definition) is 0. The minimum Gasteiger partial charge on any atom is -0.310 e. The standard InChI is InChI=1S/C61H41NS/c1-3-17-42(18-4-1)43-33-35-44(36-34-43)50-23-9-13-31-58(50)62(49-22-15-19-45(41-49)51-27-16-28-55-54-26-10-14-32-59(54)63-60(51)55)48-39-37-47(38-40-48)61(46-20-5-2-6-21-46)56-29-11-7-24-52(56)53-25-8-12-30-57(53)61/h1-41H. The van der Waals surface area contributed by atoms with E-state index in [1.165, 1.54) is 81.4 Å². The second kappa shape index (κ2) is 15.3. The predicted molar refractivity (Wildman–Crippen MR) is 268 cm³/mol. The van der Waals surface area contributed by atoms with Crippen LogP contribution in [0.2, 0.25) is 0 Å². The van der Waals surface area contributed by atoms with E-state index in [0.29, 0.717) is 0 Å². The van der Waals surface area contributed by atoms with Gasteiger partial charge in [-0.15, -0.1) is 11.3 Å².